The van der Waals surface area contributed by atoms with Crippen molar-refractivity contribution in [3.63, 3.8) is 0 Å². The number of hydrogen-bond acceptors (Lipinski definition) is 7. The monoisotopic (exact) mass is 485 g/mol. The number of carbonyl (C=O) groups is 3. The highest BCUT2D eigenvalue weighted by molar-refractivity contribution is 5.99. The van der Waals surface area contributed by atoms with Crippen LogP contribution in [0, 0.1) is 5.41 Å². The Bertz CT molecular complexity index is 1470. The molecule has 0 fully saturated rings. The van der Waals surface area contributed by atoms with Gasteiger partial charge in [-0.3, -0.25) is 10.2 Å². The summed E-state index contributed by atoms with van der Waals surface area (Å²) in [6, 6.07) is 19.6. The Labute approximate surface area is 206 Å². The molecule has 0 spiro atoms. The minimum atomic E-state index is -0.673. The van der Waals surface area contributed by atoms with Gasteiger partial charge >= 0.3 is 11.9 Å². The van der Waals surface area contributed by atoms with Crippen LogP contribution in [0.1, 0.15) is 42.6 Å². The standard InChI is InChI=1S/C27H23N3O6/c1-30(25(31)16-3-5-17(6-4-16)26(32)34-2)15-22-11-12-23(35-22)27(33)36-21-10-9-18-13-20(24(28)29)8-7-19(18)14-21/h3-14H,15H2,1-2H3,(H3,28,29). The third-order valence-electron chi connectivity index (χ3n) is 5.49. The predicted molar refractivity (Wildman–Crippen MR) is 132 cm³/mol. The Kier molecular flexibility index (Phi) is 6.82. The van der Waals surface area contributed by atoms with Crippen LogP contribution in [0.2, 0.25) is 0 Å². The highest BCUT2D eigenvalue weighted by Gasteiger charge is 2.18. The number of rotatable bonds is 7. The first-order valence-electron chi connectivity index (χ1n) is 10.9. The van der Waals surface area contributed by atoms with E-state index < -0.39 is 11.9 Å². The van der Waals surface area contributed by atoms with Gasteiger partial charge in [0.25, 0.3) is 5.91 Å². The maximum Gasteiger partial charge on any atom is 0.379 e. The fourth-order valence-electron chi connectivity index (χ4n) is 3.58. The van der Waals surface area contributed by atoms with E-state index in [0.717, 1.165) is 10.8 Å². The minimum Gasteiger partial charge on any atom is -0.465 e. The normalized spacial score (nSPS) is 10.6. The summed E-state index contributed by atoms with van der Waals surface area (Å²) in [5, 5.41) is 9.22. The van der Waals surface area contributed by atoms with Crippen LogP contribution in [0.5, 0.6) is 5.75 Å². The number of esters is 2. The number of carbonyl (C=O) groups excluding carboxylic acids is 3. The zero-order valence-corrected chi connectivity index (χ0v) is 19.6. The van der Waals surface area contributed by atoms with E-state index >= 15 is 0 Å². The Balaban J connectivity index is 1.39. The molecule has 0 radical (unpaired) electrons. The molecule has 0 atom stereocenters. The van der Waals surface area contributed by atoms with Gasteiger partial charge in [0.2, 0.25) is 5.76 Å². The quantitative estimate of drug-likeness (QED) is 0.175. The first kappa shape index (κ1) is 24.2. The number of nitrogens with two attached hydrogens (primary N) is 1. The molecule has 36 heavy (non-hydrogen) atoms. The molecule has 0 saturated heterocycles. The molecule has 0 unspecified atom stereocenters. The van der Waals surface area contributed by atoms with E-state index in [1.807, 2.05) is 0 Å². The minimum absolute atomic E-state index is 0.000282. The highest BCUT2D eigenvalue weighted by atomic mass is 16.5. The smallest absolute Gasteiger partial charge is 0.379 e. The molecule has 1 amide bonds. The third-order valence-corrected chi connectivity index (χ3v) is 5.49. The van der Waals surface area contributed by atoms with Crippen molar-refractivity contribution in [3.8, 4) is 5.75 Å². The molecule has 1 heterocycles. The number of nitrogens with one attached hydrogen (secondary N) is 1. The molecule has 3 aromatic carbocycles. The van der Waals surface area contributed by atoms with Gasteiger partial charge in [-0.15, -0.1) is 0 Å². The van der Waals surface area contributed by atoms with E-state index in [4.69, 9.17) is 20.3 Å². The van der Waals surface area contributed by atoms with Crippen LogP contribution in [-0.4, -0.2) is 42.7 Å². The van der Waals surface area contributed by atoms with E-state index in [-0.39, 0.29) is 24.0 Å². The van der Waals surface area contributed by atoms with Crippen molar-refractivity contribution < 1.29 is 28.3 Å². The van der Waals surface area contributed by atoms with Crippen molar-refractivity contribution in [2.24, 2.45) is 5.73 Å². The number of nitrogens with zero attached hydrogens (tertiary/aromatic N) is 1. The van der Waals surface area contributed by atoms with Gasteiger partial charge in [-0.05, 0) is 65.4 Å². The number of fused-ring (bicyclic) bond motifs is 1. The molecule has 0 aliphatic carbocycles. The second-order valence-electron chi connectivity index (χ2n) is 8.02. The number of nitrogen functional groups attached to an aromatic ring is 1. The number of furan rings is 1. The van der Waals surface area contributed by atoms with Crippen molar-refractivity contribution in [1.82, 2.24) is 4.90 Å². The van der Waals surface area contributed by atoms with Gasteiger partial charge in [0.1, 0.15) is 17.3 Å². The molecular formula is C27H23N3O6. The van der Waals surface area contributed by atoms with E-state index in [1.165, 1.54) is 30.2 Å². The Morgan fingerprint density at radius 2 is 1.50 bits per heavy atom. The van der Waals surface area contributed by atoms with Crippen molar-refractivity contribution in [2.75, 3.05) is 14.2 Å². The van der Waals surface area contributed by atoms with Crippen molar-refractivity contribution in [3.05, 3.63) is 101 Å². The molecule has 4 aromatic rings. The Morgan fingerprint density at radius 1 is 0.861 bits per heavy atom. The van der Waals surface area contributed by atoms with Gasteiger partial charge in [-0.1, -0.05) is 18.2 Å². The Hall–Kier alpha value is -4.92. The molecule has 0 saturated carbocycles. The van der Waals surface area contributed by atoms with Crippen LogP contribution >= 0.6 is 0 Å². The van der Waals surface area contributed by atoms with Crippen LogP contribution in [0.15, 0.2) is 77.2 Å². The molecule has 0 aliphatic rings. The van der Waals surface area contributed by atoms with Gasteiger partial charge in [0.05, 0.1) is 19.2 Å². The van der Waals surface area contributed by atoms with Crippen LogP contribution in [-0.2, 0) is 11.3 Å². The fraction of sp³-hybridized carbons (Fsp3) is 0.111. The van der Waals surface area contributed by atoms with Crippen molar-refractivity contribution >= 4 is 34.5 Å². The average molecular weight is 485 g/mol. The first-order valence-corrected chi connectivity index (χ1v) is 10.9. The summed E-state index contributed by atoms with van der Waals surface area (Å²) in [4.78, 5) is 38.3. The summed E-state index contributed by atoms with van der Waals surface area (Å²) in [6.45, 7) is 0.124. The average Bonchev–Trinajstić information content (AvgIpc) is 3.36. The predicted octanol–water partition coefficient (Wildman–Crippen LogP) is 3.99. The van der Waals surface area contributed by atoms with Gasteiger partial charge in [0.15, 0.2) is 0 Å². The number of amides is 1. The molecule has 4 rings (SSSR count). The zero-order valence-electron chi connectivity index (χ0n) is 19.6. The second-order valence-corrected chi connectivity index (χ2v) is 8.02. The van der Waals surface area contributed by atoms with Gasteiger partial charge in [-0.25, -0.2) is 9.59 Å². The maximum atomic E-state index is 12.7. The molecule has 0 bridgehead atoms. The molecule has 1 aromatic heterocycles. The number of benzene rings is 3. The van der Waals surface area contributed by atoms with Gasteiger partial charge in [0, 0.05) is 18.2 Å². The van der Waals surface area contributed by atoms with E-state index in [9.17, 15) is 14.4 Å². The summed E-state index contributed by atoms with van der Waals surface area (Å²) < 4.78 is 15.7. The number of ether oxygens (including phenoxy) is 2. The Morgan fingerprint density at radius 3 is 2.19 bits per heavy atom. The molecule has 0 aliphatic heterocycles. The highest BCUT2D eigenvalue weighted by Crippen LogP contribution is 2.23. The van der Waals surface area contributed by atoms with E-state index in [0.29, 0.717) is 28.2 Å². The second kappa shape index (κ2) is 10.1. The molecule has 3 N–H and O–H groups in total. The number of hydrogen-bond donors (Lipinski definition) is 2. The van der Waals surface area contributed by atoms with E-state index in [1.54, 1.807) is 61.6 Å². The SMILES string of the molecule is COC(=O)c1ccc(C(=O)N(C)Cc2ccc(C(=O)Oc3ccc4cc(C(=N)N)ccc4c3)o2)cc1. The summed E-state index contributed by atoms with van der Waals surface area (Å²) in [5.41, 5.74) is 6.88. The van der Waals surface area contributed by atoms with Crippen molar-refractivity contribution in [1.29, 1.82) is 5.41 Å². The van der Waals surface area contributed by atoms with Crippen LogP contribution in [0.3, 0.4) is 0 Å². The van der Waals surface area contributed by atoms with E-state index in [2.05, 4.69) is 4.74 Å². The van der Waals surface area contributed by atoms with Gasteiger partial charge in [-0.2, -0.15) is 0 Å². The fourth-order valence-corrected chi connectivity index (χ4v) is 3.58. The van der Waals surface area contributed by atoms with Crippen molar-refractivity contribution in [2.45, 2.75) is 6.54 Å². The van der Waals surface area contributed by atoms with Gasteiger partial charge < -0.3 is 24.5 Å². The summed E-state index contributed by atoms with van der Waals surface area (Å²) in [5.74, 6) is -0.722. The lowest BCUT2D eigenvalue weighted by molar-refractivity contribution is 0.0599. The lowest BCUT2D eigenvalue weighted by Crippen LogP contribution is -2.26. The van der Waals surface area contributed by atoms with Crippen LogP contribution in [0.4, 0.5) is 0 Å². The molecule has 9 heteroatoms. The summed E-state index contributed by atoms with van der Waals surface area (Å²) in [6.07, 6.45) is 0. The lowest BCUT2D eigenvalue weighted by Gasteiger charge is -2.16. The summed E-state index contributed by atoms with van der Waals surface area (Å²) in [7, 11) is 2.89. The molecule has 182 valence electrons. The number of amidine groups is 1. The summed E-state index contributed by atoms with van der Waals surface area (Å²) >= 11 is 0. The van der Waals surface area contributed by atoms with Crippen LogP contribution < -0.4 is 10.5 Å². The largest absolute Gasteiger partial charge is 0.465 e. The maximum absolute atomic E-state index is 12.7. The van der Waals surface area contributed by atoms with Crippen LogP contribution in [0.25, 0.3) is 10.8 Å². The third kappa shape index (κ3) is 5.25. The number of methoxy groups -OCH3 is 1. The lowest BCUT2D eigenvalue weighted by atomic mass is 10.1. The first-order chi connectivity index (χ1) is 17.2. The molecule has 9 nitrogen and oxygen atoms in total. The topological polar surface area (TPSA) is 136 Å². The molecular weight excluding hydrogens is 462 g/mol. The zero-order chi connectivity index (χ0) is 25.8.